The van der Waals surface area contributed by atoms with E-state index < -0.39 is 4.92 Å². The van der Waals surface area contributed by atoms with E-state index in [0.717, 1.165) is 44.8 Å². The van der Waals surface area contributed by atoms with Crippen LogP contribution in [0.1, 0.15) is 36.0 Å². The van der Waals surface area contributed by atoms with Crippen molar-refractivity contribution in [1.82, 2.24) is 4.98 Å². The SMILES string of the molecule is O=C(Nc1ccc(N2CCCC2)nc1)c1ccc(N2CCCC2)c([N+](=O)[O-])c1. The van der Waals surface area contributed by atoms with Crippen LogP contribution in [-0.2, 0) is 0 Å². The first-order valence-corrected chi connectivity index (χ1v) is 9.67. The van der Waals surface area contributed by atoms with E-state index in [1.165, 1.54) is 18.9 Å². The van der Waals surface area contributed by atoms with Gasteiger partial charge in [-0.25, -0.2) is 4.98 Å². The summed E-state index contributed by atoms with van der Waals surface area (Å²) >= 11 is 0. The normalized spacial score (nSPS) is 16.4. The Balaban J connectivity index is 1.49. The number of aromatic nitrogens is 1. The summed E-state index contributed by atoms with van der Waals surface area (Å²) in [4.78, 5) is 32.3. The number of carbonyl (C=O) groups is 1. The molecule has 1 aromatic heterocycles. The van der Waals surface area contributed by atoms with Crippen LogP contribution in [0.3, 0.4) is 0 Å². The highest BCUT2D eigenvalue weighted by Gasteiger charge is 2.24. The molecule has 0 saturated carbocycles. The van der Waals surface area contributed by atoms with E-state index in [0.29, 0.717) is 11.4 Å². The Kier molecular flexibility index (Phi) is 5.10. The zero-order valence-electron chi connectivity index (χ0n) is 15.6. The van der Waals surface area contributed by atoms with Gasteiger partial charge in [0.25, 0.3) is 11.6 Å². The second-order valence-corrected chi connectivity index (χ2v) is 7.21. The number of nitrogens with zero attached hydrogens (tertiary/aromatic N) is 4. The lowest BCUT2D eigenvalue weighted by Gasteiger charge is -2.18. The van der Waals surface area contributed by atoms with Crippen LogP contribution in [0.5, 0.6) is 0 Å². The summed E-state index contributed by atoms with van der Waals surface area (Å²) in [7, 11) is 0. The third kappa shape index (κ3) is 3.76. The molecule has 8 nitrogen and oxygen atoms in total. The van der Waals surface area contributed by atoms with Gasteiger partial charge in [0.1, 0.15) is 11.5 Å². The van der Waals surface area contributed by atoms with Crippen molar-refractivity contribution in [3.05, 3.63) is 52.2 Å². The number of rotatable bonds is 5. The summed E-state index contributed by atoms with van der Waals surface area (Å²) in [6.07, 6.45) is 6.02. The van der Waals surface area contributed by atoms with Crippen molar-refractivity contribution in [2.24, 2.45) is 0 Å². The fourth-order valence-corrected chi connectivity index (χ4v) is 3.83. The molecule has 0 spiro atoms. The molecular weight excluding hydrogens is 358 g/mol. The molecule has 0 atom stereocenters. The Morgan fingerprint density at radius 3 is 2.29 bits per heavy atom. The minimum Gasteiger partial charge on any atom is -0.366 e. The van der Waals surface area contributed by atoms with Gasteiger partial charge in [-0.05, 0) is 49.9 Å². The maximum Gasteiger partial charge on any atom is 0.293 e. The monoisotopic (exact) mass is 381 g/mol. The summed E-state index contributed by atoms with van der Waals surface area (Å²) in [6.45, 7) is 3.63. The van der Waals surface area contributed by atoms with Gasteiger partial charge in [-0.2, -0.15) is 0 Å². The van der Waals surface area contributed by atoms with Gasteiger partial charge in [0, 0.05) is 37.8 Å². The van der Waals surface area contributed by atoms with Crippen LogP contribution in [0, 0.1) is 10.1 Å². The number of pyridine rings is 1. The summed E-state index contributed by atoms with van der Waals surface area (Å²) in [5, 5.41) is 14.3. The minimum absolute atomic E-state index is 0.0305. The van der Waals surface area contributed by atoms with Crippen LogP contribution in [0.4, 0.5) is 22.9 Å². The first-order valence-electron chi connectivity index (χ1n) is 9.67. The van der Waals surface area contributed by atoms with Gasteiger partial charge in [0.2, 0.25) is 0 Å². The number of hydrogen-bond acceptors (Lipinski definition) is 6. The van der Waals surface area contributed by atoms with Crippen molar-refractivity contribution in [2.75, 3.05) is 41.3 Å². The average Bonchev–Trinajstić information content (AvgIpc) is 3.42. The van der Waals surface area contributed by atoms with Crippen molar-refractivity contribution in [1.29, 1.82) is 0 Å². The molecule has 2 fully saturated rings. The van der Waals surface area contributed by atoms with Crippen molar-refractivity contribution in [3.8, 4) is 0 Å². The number of amides is 1. The van der Waals surface area contributed by atoms with Crippen LogP contribution in [-0.4, -0.2) is 42.0 Å². The molecule has 2 aliphatic heterocycles. The lowest BCUT2D eigenvalue weighted by atomic mass is 10.1. The fraction of sp³-hybridized carbons (Fsp3) is 0.400. The second kappa shape index (κ2) is 7.84. The molecule has 0 unspecified atom stereocenters. The quantitative estimate of drug-likeness (QED) is 0.630. The van der Waals surface area contributed by atoms with Crippen molar-refractivity contribution in [3.63, 3.8) is 0 Å². The minimum atomic E-state index is -0.420. The molecule has 3 heterocycles. The number of carbonyl (C=O) groups excluding carboxylic acids is 1. The van der Waals surface area contributed by atoms with Gasteiger partial charge in [-0.3, -0.25) is 14.9 Å². The Bertz CT molecular complexity index is 872. The Morgan fingerprint density at radius 1 is 1.00 bits per heavy atom. The second-order valence-electron chi connectivity index (χ2n) is 7.21. The first-order chi connectivity index (χ1) is 13.6. The van der Waals surface area contributed by atoms with Gasteiger partial charge in [0.15, 0.2) is 0 Å². The van der Waals surface area contributed by atoms with E-state index in [1.54, 1.807) is 18.3 Å². The average molecular weight is 381 g/mol. The zero-order chi connectivity index (χ0) is 19.5. The van der Waals surface area contributed by atoms with E-state index in [4.69, 9.17) is 0 Å². The number of hydrogen-bond donors (Lipinski definition) is 1. The third-order valence-electron chi connectivity index (χ3n) is 5.32. The van der Waals surface area contributed by atoms with Crippen molar-refractivity contribution >= 4 is 28.8 Å². The summed E-state index contributed by atoms with van der Waals surface area (Å²) in [6, 6.07) is 8.37. The van der Waals surface area contributed by atoms with Crippen LogP contribution < -0.4 is 15.1 Å². The molecular formula is C20H23N5O3. The third-order valence-corrected chi connectivity index (χ3v) is 5.32. The van der Waals surface area contributed by atoms with E-state index >= 15 is 0 Å². The molecule has 2 aromatic rings. The van der Waals surface area contributed by atoms with Crippen LogP contribution in [0.25, 0.3) is 0 Å². The van der Waals surface area contributed by atoms with Crippen LogP contribution in [0.15, 0.2) is 36.5 Å². The predicted molar refractivity (Wildman–Crippen MR) is 108 cm³/mol. The molecule has 1 aromatic carbocycles. The Morgan fingerprint density at radius 2 is 1.68 bits per heavy atom. The number of nitrogens with one attached hydrogen (secondary N) is 1. The molecule has 0 bridgehead atoms. The van der Waals surface area contributed by atoms with Gasteiger partial charge in [-0.15, -0.1) is 0 Å². The lowest BCUT2D eigenvalue weighted by molar-refractivity contribution is -0.384. The first kappa shape index (κ1) is 18.2. The van der Waals surface area contributed by atoms with Crippen LogP contribution >= 0.6 is 0 Å². The molecule has 1 amide bonds. The number of anilines is 3. The fourth-order valence-electron chi connectivity index (χ4n) is 3.83. The van der Waals surface area contributed by atoms with Gasteiger partial charge in [-0.1, -0.05) is 0 Å². The highest BCUT2D eigenvalue weighted by atomic mass is 16.6. The van der Waals surface area contributed by atoms with Gasteiger partial charge >= 0.3 is 0 Å². The maximum atomic E-state index is 12.6. The smallest absolute Gasteiger partial charge is 0.293 e. The van der Waals surface area contributed by atoms with Crippen LogP contribution in [0.2, 0.25) is 0 Å². The summed E-state index contributed by atoms with van der Waals surface area (Å²) in [5.41, 5.74) is 1.38. The van der Waals surface area contributed by atoms with Crippen molar-refractivity contribution < 1.29 is 9.72 Å². The highest BCUT2D eigenvalue weighted by Crippen LogP contribution is 2.32. The summed E-state index contributed by atoms with van der Waals surface area (Å²) in [5.74, 6) is 0.521. The predicted octanol–water partition coefficient (Wildman–Crippen LogP) is 3.44. The standard InChI is InChI=1S/C20H23N5O3/c26-20(22-16-6-8-19(21-14-16)24-11-3-4-12-24)15-5-7-17(18(13-15)25(27)28)23-9-1-2-10-23/h5-8,13-14H,1-4,9-12H2,(H,22,26). The topological polar surface area (TPSA) is 91.6 Å². The number of nitro benzene ring substituents is 1. The Labute approximate surface area is 163 Å². The van der Waals surface area contributed by atoms with E-state index in [1.807, 2.05) is 17.0 Å². The lowest BCUT2D eigenvalue weighted by Crippen LogP contribution is -2.20. The Hall–Kier alpha value is -3.16. The van der Waals surface area contributed by atoms with E-state index in [2.05, 4.69) is 15.2 Å². The van der Waals surface area contributed by atoms with Gasteiger partial charge in [0.05, 0.1) is 16.8 Å². The number of benzene rings is 1. The van der Waals surface area contributed by atoms with Gasteiger partial charge < -0.3 is 15.1 Å². The zero-order valence-corrected chi connectivity index (χ0v) is 15.6. The maximum absolute atomic E-state index is 12.6. The molecule has 8 heteroatoms. The molecule has 28 heavy (non-hydrogen) atoms. The molecule has 1 N–H and O–H groups in total. The molecule has 146 valence electrons. The highest BCUT2D eigenvalue weighted by molar-refractivity contribution is 6.05. The molecule has 2 saturated heterocycles. The molecule has 2 aliphatic rings. The van der Waals surface area contributed by atoms with E-state index in [9.17, 15) is 14.9 Å². The largest absolute Gasteiger partial charge is 0.366 e. The van der Waals surface area contributed by atoms with E-state index in [-0.39, 0.29) is 17.2 Å². The summed E-state index contributed by atoms with van der Waals surface area (Å²) < 4.78 is 0. The van der Waals surface area contributed by atoms with Crippen molar-refractivity contribution in [2.45, 2.75) is 25.7 Å². The molecule has 0 aliphatic carbocycles. The molecule has 0 radical (unpaired) electrons. The molecule has 4 rings (SSSR count). The number of nitro groups is 1.